The van der Waals surface area contributed by atoms with E-state index in [2.05, 4.69) is 5.23 Å². The van der Waals surface area contributed by atoms with Crippen molar-refractivity contribution in [2.75, 3.05) is 0 Å². The minimum atomic E-state index is -0.644. The van der Waals surface area contributed by atoms with E-state index < -0.39 is 22.5 Å². The van der Waals surface area contributed by atoms with Crippen LogP contribution in [0.2, 0.25) is 0 Å². The van der Waals surface area contributed by atoms with E-state index in [1.54, 1.807) is 20.8 Å². The van der Waals surface area contributed by atoms with Crippen molar-refractivity contribution < 1.29 is 24.4 Å². The molecule has 0 aliphatic carbocycles. The molecule has 0 amide bonds. The van der Waals surface area contributed by atoms with E-state index in [1.165, 1.54) is 18.2 Å². The molecule has 0 aliphatic rings. The summed E-state index contributed by atoms with van der Waals surface area (Å²) in [5, 5.41) is 23.3. The lowest BCUT2D eigenvalue weighted by molar-refractivity contribution is -0.385. The number of nitro groups is 1. The zero-order chi connectivity index (χ0) is 19.0. The van der Waals surface area contributed by atoms with E-state index in [4.69, 9.17) is 4.74 Å². The van der Waals surface area contributed by atoms with Gasteiger partial charge in [-0.25, -0.2) is 0 Å². The third kappa shape index (κ3) is 7.44. The number of ether oxygens (including phenoxy) is 1. The number of esters is 1. The minimum absolute atomic E-state index is 0.0148. The van der Waals surface area contributed by atoms with Gasteiger partial charge in [-0.3, -0.25) is 14.9 Å². The molecular formula is C16H23BN2O6. The fourth-order valence-corrected chi connectivity index (χ4v) is 2.36. The van der Waals surface area contributed by atoms with Gasteiger partial charge in [0.05, 0.1) is 24.1 Å². The van der Waals surface area contributed by atoms with E-state index in [-0.39, 0.29) is 32.6 Å². The van der Waals surface area contributed by atoms with Crippen molar-refractivity contribution in [1.29, 1.82) is 0 Å². The highest BCUT2D eigenvalue weighted by molar-refractivity contribution is 6.64. The van der Waals surface area contributed by atoms with E-state index in [0.717, 1.165) is 0 Å². The summed E-state index contributed by atoms with van der Waals surface area (Å²) in [6.07, 6.45) is 0.767. The second kappa shape index (κ2) is 9.29. The summed E-state index contributed by atoms with van der Waals surface area (Å²) in [7, 11) is 0.0148. The van der Waals surface area contributed by atoms with Gasteiger partial charge in [0, 0.05) is 17.7 Å². The maximum absolute atomic E-state index is 12.0. The Morgan fingerprint density at radius 2 is 2.16 bits per heavy atom. The molecule has 1 atom stereocenters. The van der Waals surface area contributed by atoms with Gasteiger partial charge in [-0.1, -0.05) is 0 Å². The Morgan fingerprint density at radius 1 is 1.48 bits per heavy atom. The number of aliphatic hydroxyl groups excluding tert-OH is 1. The fraction of sp³-hybridized carbons (Fsp3) is 0.500. The number of carbonyl (C=O) groups is 2. The molecule has 1 aromatic rings. The highest BCUT2D eigenvalue weighted by Gasteiger charge is 2.23. The van der Waals surface area contributed by atoms with Crippen LogP contribution < -0.4 is 5.23 Å². The highest BCUT2D eigenvalue weighted by atomic mass is 16.6. The van der Waals surface area contributed by atoms with Crippen molar-refractivity contribution in [1.82, 2.24) is 5.23 Å². The zero-order valence-electron chi connectivity index (χ0n) is 14.7. The molecule has 9 heteroatoms. The summed E-state index contributed by atoms with van der Waals surface area (Å²) in [4.78, 5) is 33.4. The van der Waals surface area contributed by atoms with Crippen molar-refractivity contribution in [3.8, 4) is 0 Å². The van der Waals surface area contributed by atoms with Crippen LogP contribution in [0.5, 0.6) is 0 Å². The number of nitrogens with one attached hydrogen (secondary N) is 1. The molecule has 0 spiro atoms. The third-order valence-electron chi connectivity index (χ3n) is 3.31. The van der Waals surface area contributed by atoms with Crippen LogP contribution in [0.15, 0.2) is 18.2 Å². The number of nitrogens with zero attached hydrogens (tertiary/aromatic N) is 1. The second-order valence-corrected chi connectivity index (χ2v) is 6.64. The van der Waals surface area contributed by atoms with Crippen molar-refractivity contribution in [2.24, 2.45) is 0 Å². The zero-order valence-corrected chi connectivity index (χ0v) is 14.7. The Balaban J connectivity index is 2.99. The monoisotopic (exact) mass is 350 g/mol. The number of hydrogen-bond donors (Lipinski definition) is 2. The van der Waals surface area contributed by atoms with Gasteiger partial charge in [-0.05, 0) is 44.9 Å². The smallest absolute Gasteiger partial charge is 0.307 e. The molecule has 0 saturated carbocycles. The summed E-state index contributed by atoms with van der Waals surface area (Å²) < 4.78 is 5.27. The number of nitro benzene ring substituents is 1. The first kappa shape index (κ1) is 20.8. The quantitative estimate of drug-likeness (QED) is 0.223. The molecule has 0 saturated heterocycles. The Bertz CT molecular complexity index is 630. The van der Waals surface area contributed by atoms with Crippen molar-refractivity contribution in [3.63, 3.8) is 0 Å². The van der Waals surface area contributed by atoms with Crippen LogP contribution >= 0.6 is 0 Å². The van der Waals surface area contributed by atoms with Gasteiger partial charge in [0.2, 0.25) is 0 Å². The summed E-state index contributed by atoms with van der Waals surface area (Å²) in [6, 6.07) is 3.82. The third-order valence-corrected chi connectivity index (χ3v) is 3.31. The van der Waals surface area contributed by atoms with Gasteiger partial charge in [0.15, 0.2) is 0 Å². The molecule has 0 aromatic heterocycles. The Hall–Kier alpha value is -2.26. The number of hydrogen-bond acceptors (Lipinski definition) is 7. The van der Waals surface area contributed by atoms with Crippen LogP contribution in [-0.4, -0.2) is 41.2 Å². The first-order chi connectivity index (χ1) is 11.7. The molecule has 0 unspecified atom stereocenters. The van der Waals surface area contributed by atoms with Crippen molar-refractivity contribution in [3.05, 3.63) is 39.4 Å². The topological polar surface area (TPSA) is 119 Å². The van der Waals surface area contributed by atoms with Crippen molar-refractivity contribution >= 4 is 25.3 Å². The van der Waals surface area contributed by atoms with E-state index in [9.17, 15) is 24.8 Å². The first-order valence-corrected chi connectivity index (χ1v) is 7.92. The van der Waals surface area contributed by atoms with Crippen molar-refractivity contribution in [2.45, 2.75) is 51.9 Å². The molecule has 25 heavy (non-hydrogen) atoms. The second-order valence-electron chi connectivity index (χ2n) is 6.64. The normalized spacial score (nSPS) is 12.3. The summed E-state index contributed by atoms with van der Waals surface area (Å²) >= 11 is 0. The van der Waals surface area contributed by atoms with Gasteiger partial charge >= 0.3 is 5.97 Å². The van der Waals surface area contributed by atoms with E-state index >= 15 is 0 Å². The summed E-state index contributed by atoms with van der Waals surface area (Å²) in [6.45, 7) is 4.99. The van der Waals surface area contributed by atoms with Crippen LogP contribution in [0.1, 0.15) is 38.3 Å². The van der Waals surface area contributed by atoms with Gasteiger partial charge in [-0.2, -0.15) is 0 Å². The lowest BCUT2D eigenvalue weighted by Crippen LogP contribution is -2.38. The van der Waals surface area contributed by atoms with E-state index in [0.29, 0.717) is 17.3 Å². The number of carbonyl (C=O) groups excluding carboxylic acids is 2. The average molecular weight is 350 g/mol. The summed E-state index contributed by atoms with van der Waals surface area (Å²) in [5.41, 5.74) is 0.171. The largest absolute Gasteiger partial charge is 0.460 e. The number of benzene rings is 1. The Labute approximate surface area is 147 Å². The molecule has 1 rings (SSSR count). The van der Waals surface area contributed by atoms with Gasteiger partial charge in [0.1, 0.15) is 5.60 Å². The number of rotatable bonds is 9. The molecule has 0 heterocycles. The molecular weight excluding hydrogens is 327 g/mol. The fourth-order valence-electron chi connectivity index (χ4n) is 2.36. The lowest BCUT2D eigenvalue weighted by atomic mass is 9.92. The maximum Gasteiger partial charge on any atom is 0.307 e. The molecule has 0 fully saturated rings. The van der Waals surface area contributed by atoms with Crippen LogP contribution in [0.3, 0.4) is 0 Å². The number of aliphatic hydroxyl groups is 1. The van der Waals surface area contributed by atoms with Gasteiger partial charge in [0.25, 0.3) is 13.1 Å². The standard InChI is InChI=1S/C16H23BN2O6/c1-16(2,3)25-15(22)8-13(18-17-10-21)7-12-6-11(9-20)4-5-14(12)19(23)24/h4-6,10,13,17-18,20H,7-9H2,1-3H3/t13-/m1/s1. The van der Waals surface area contributed by atoms with Crippen LogP contribution in [0, 0.1) is 10.1 Å². The molecule has 136 valence electrons. The molecule has 0 aliphatic heterocycles. The summed E-state index contributed by atoms with van der Waals surface area (Å²) in [5.74, 6) is -0.461. The van der Waals surface area contributed by atoms with Gasteiger partial charge in [-0.15, -0.1) is 0 Å². The highest BCUT2D eigenvalue weighted by Crippen LogP contribution is 2.23. The van der Waals surface area contributed by atoms with Crippen LogP contribution in [0.4, 0.5) is 5.69 Å². The molecule has 0 bridgehead atoms. The first-order valence-electron chi connectivity index (χ1n) is 7.92. The van der Waals surface area contributed by atoms with E-state index in [1.807, 2.05) is 0 Å². The van der Waals surface area contributed by atoms with Crippen LogP contribution in [0.25, 0.3) is 0 Å². The molecule has 8 nitrogen and oxygen atoms in total. The molecule has 1 aromatic carbocycles. The SMILES string of the molecule is CC(C)(C)OC(=O)C[C@@H](Cc1cc(CO)ccc1[N+](=O)[O-])NBC=O. The minimum Gasteiger partial charge on any atom is -0.460 e. The Morgan fingerprint density at radius 3 is 2.68 bits per heavy atom. The average Bonchev–Trinajstić information content (AvgIpc) is 2.50. The maximum atomic E-state index is 12.0. The Kier molecular flexibility index (Phi) is 7.72. The predicted octanol–water partition coefficient (Wildman–Crippen LogP) is 0.861. The predicted molar refractivity (Wildman–Crippen MR) is 94.0 cm³/mol. The molecule has 0 radical (unpaired) electrons. The van der Waals surface area contributed by atoms with Gasteiger partial charge < -0.3 is 19.9 Å². The molecule has 2 N–H and O–H groups in total. The lowest BCUT2D eigenvalue weighted by Gasteiger charge is -2.22. The van der Waals surface area contributed by atoms with Crippen LogP contribution in [-0.2, 0) is 27.4 Å².